The van der Waals surface area contributed by atoms with Crippen LogP contribution >= 0.6 is 0 Å². The minimum atomic E-state index is -0.0987. The number of carbonyl (C=O) groups is 1. The van der Waals surface area contributed by atoms with Crippen LogP contribution in [-0.4, -0.2) is 51.8 Å². The second-order valence-corrected chi connectivity index (χ2v) is 7.43. The standard InChI is InChI=1S/C20H29N5O2/c1-15(2)19-21-8-11-24(19)9-3-7-22-20(27)17-4-5-18(23-12-17)25-10-6-16(13-25)14-26/h4-5,8,11-12,15-16,26H,3,6-7,9-10,13-14H2,1-2H3,(H,22,27). The lowest BCUT2D eigenvalue weighted by Crippen LogP contribution is -2.26. The predicted molar refractivity (Wildman–Crippen MR) is 105 cm³/mol. The number of nitrogens with one attached hydrogen (secondary N) is 1. The van der Waals surface area contributed by atoms with Gasteiger partial charge in [0.25, 0.3) is 5.91 Å². The molecule has 27 heavy (non-hydrogen) atoms. The van der Waals surface area contributed by atoms with E-state index in [1.165, 1.54) is 0 Å². The fraction of sp³-hybridized carbons (Fsp3) is 0.550. The number of nitrogens with zero attached hydrogens (tertiary/aromatic N) is 4. The maximum absolute atomic E-state index is 12.3. The highest BCUT2D eigenvalue weighted by Crippen LogP contribution is 2.21. The largest absolute Gasteiger partial charge is 0.396 e. The number of imidazole rings is 1. The number of amides is 1. The van der Waals surface area contributed by atoms with Crippen molar-refractivity contribution in [3.8, 4) is 0 Å². The summed E-state index contributed by atoms with van der Waals surface area (Å²) in [6, 6.07) is 3.70. The molecule has 3 heterocycles. The molecular formula is C20H29N5O2. The molecule has 3 rings (SSSR count). The van der Waals surface area contributed by atoms with E-state index in [-0.39, 0.29) is 12.5 Å². The van der Waals surface area contributed by atoms with Crippen molar-refractivity contribution in [2.75, 3.05) is 31.1 Å². The predicted octanol–water partition coefficient (Wildman–Crippen LogP) is 2.04. The van der Waals surface area contributed by atoms with Crippen LogP contribution < -0.4 is 10.2 Å². The van der Waals surface area contributed by atoms with Gasteiger partial charge in [-0.25, -0.2) is 9.97 Å². The number of pyridine rings is 1. The molecule has 0 spiro atoms. The highest BCUT2D eigenvalue weighted by atomic mass is 16.3. The average molecular weight is 371 g/mol. The van der Waals surface area contributed by atoms with Crippen molar-refractivity contribution in [2.24, 2.45) is 5.92 Å². The lowest BCUT2D eigenvalue weighted by molar-refractivity contribution is 0.0952. The summed E-state index contributed by atoms with van der Waals surface area (Å²) < 4.78 is 2.14. The van der Waals surface area contributed by atoms with E-state index >= 15 is 0 Å². The molecule has 1 saturated heterocycles. The highest BCUT2D eigenvalue weighted by Gasteiger charge is 2.22. The van der Waals surface area contributed by atoms with Crippen molar-refractivity contribution < 1.29 is 9.90 Å². The number of aliphatic hydroxyl groups excluding tert-OH is 1. The van der Waals surface area contributed by atoms with Crippen LogP contribution in [0.1, 0.15) is 48.8 Å². The van der Waals surface area contributed by atoms with Crippen molar-refractivity contribution in [1.82, 2.24) is 19.9 Å². The van der Waals surface area contributed by atoms with Crippen molar-refractivity contribution in [2.45, 2.75) is 39.2 Å². The van der Waals surface area contributed by atoms with Crippen LogP contribution in [0.3, 0.4) is 0 Å². The number of hydrogen-bond acceptors (Lipinski definition) is 5. The third-order valence-corrected chi connectivity index (χ3v) is 5.00. The Labute approximate surface area is 160 Å². The first-order chi connectivity index (χ1) is 13.1. The van der Waals surface area contributed by atoms with E-state index < -0.39 is 0 Å². The van der Waals surface area contributed by atoms with Gasteiger partial charge >= 0.3 is 0 Å². The first kappa shape index (κ1) is 19.4. The number of anilines is 1. The number of aliphatic hydroxyl groups is 1. The number of carbonyl (C=O) groups excluding carboxylic acids is 1. The molecule has 2 aromatic heterocycles. The maximum atomic E-state index is 12.3. The van der Waals surface area contributed by atoms with Crippen LogP contribution in [0.15, 0.2) is 30.7 Å². The third kappa shape index (κ3) is 4.86. The number of aryl methyl sites for hydroxylation is 1. The van der Waals surface area contributed by atoms with Crippen LogP contribution in [-0.2, 0) is 6.54 Å². The minimum absolute atomic E-state index is 0.0987. The van der Waals surface area contributed by atoms with Crippen LogP contribution in [0.5, 0.6) is 0 Å². The Morgan fingerprint density at radius 3 is 2.89 bits per heavy atom. The SMILES string of the molecule is CC(C)c1nccn1CCCNC(=O)c1ccc(N2CCC(CO)C2)nc1. The molecule has 1 unspecified atom stereocenters. The second kappa shape index (κ2) is 8.99. The third-order valence-electron chi connectivity index (χ3n) is 5.00. The van der Waals surface area contributed by atoms with E-state index in [1.807, 2.05) is 24.5 Å². The Bertz CT molecular complexity index is 741. The smallest absolute Gasteiger partial charge is 0.252 e. The summed E-state index contributed by atoms with van der Waals surface area (Å²) in [7, 11) is 0. The number of rotatable bonds is 8. The van der Waals surface area contributed by atoms with Gasteiger partial charge in [-0.05, 0) is 25.0 Å². The van der Waals surface area contributed by atoms with Gasteiger partial charge in [0.05, 0.1) is 5.56 Å². The van der Waals surface area contributed by atoms with Gasteiger partial charge in [0.2, 0.25) is 0 Å². The van der Waals surface area contributed by atoms with Crippen molar-refractivity contribution in [3.05, 3.63) is 42.1 Å². The van der Waals surface area contributed by atoms with E-state index in [0.717, 1.165) is 44.1 Å². The molecule has 1 aliphatic heterocycles. The van der Waals surface area contributed by atoms with Crippen molar-refractivity contribution in [1.29, 1.82) is 0 Å². The quantitative estimate of drug-likeness (QED) is 0.694. The molecule has 0 radical (unpaired) electrons. The summed E-state index contributed by atoms with van der Waals surface area (Å²) in [6.07, 6.45) is 7.27. The molecular weight excluding hydrogens is 342 g/mol. The number of hydrogen-bond donors (Lipinski definition) is 2. The molecule has 2 N–H and O–H groups in total. The van der Waals surface area contributed by atoms with Gasteiger partial charge in [0.1, 0.15) is 11.6 Å². The van der Waals surface area contributed by atoms with E-state index in [2.05, 4.69) is 38.6 Å². The summed E-state index contributed by atoms with van der Waals surface area (Å²) in [4.78, 5) is 23.2. The Hall–Kier alpha value is -2.41. The van der Waals surface area contributed by atoms with Gasteiger partial charge in [-0.1, -0.05) is 13.8 Å². The van der Waals surface area contributed by atoms with Gasteiger partial charge in [-0.3, -0.25) is 4.79 Å². The summed E-state index contributed by atoms with van der Waals surface area (Å²) in [6.45, 7) is 7.64. The van der Waals surface area contributed by atoms with Crippen molar-refractivity contribution >= 4 is 11.7 Å². The van der Waals surface area contributed by atoms with Gasteiger partial charge in [-0.2, -0.15) is 0 Å². The maximum Gasteiger partial charge on any atom is 0.252 e. The lowest BCUT2D eigenvalue weighted by Gasteiger charge is -2.17. The van der Waals surface area contributed by atoms with E-state index in [0.29, 0.717) is 23.9 Å². The molecule has 2 aromatic rings. The molecule has 7 nitrogen and oxygen atoms in total. The van der Waals surface area contributed by atoms with Crippen molar-refractivity contribution in [3.63, 3.8) is 0 Å². The molecule has 1 atom stereocenters. The van der Waals surface area contributed by atoms with Crippen LogP contribution in [0.4, 0.5) is 5.82 Å². The van der Waals surface area contributed by atoms with Crippen LogP contribution in [0, 0.1) is 5.92 Å². The summed E-state index contributed by atoms with van der Waals surface area (Å²) >= 11 is 0. The zero-order chi connectivity index (χ0) is 19.2. The first-order valence-corrected chi connectivity index (χ1v) is 9.69. The lowest BCUT2D eigenvalue weighted by atomic mass is 10.1. The van der Waals surface area contributed by atoms with Crippen LogP contribution in [0.2, 0.25) is 0 Å². The fourth-order valence-corrected chi connectivity index (χ4v) is 3.46. The topological polar surface area (TPSA) is 83.3 Å². The summed E-state index contributed by atoms with van der Waals surface area (Å²) in [5, 5.41) is 12.2. The molecule has 0 aliphatic carbocycles. The Morgan fingerprint density at radius 2 is 2.22 bits per heavy atom. The van der Waals surface area contributed by atoms with E-state index in [4.69, 9.17) is 0 Å². The molecule has 0 bridgehead atoms. The van der Waals surface area contributed by atoms with Crippen LogP contribution in [0.25, 0.3) is 0 Å². The summed E-state index contributed by atoms with van der Waals surface area (Å²) in [5.41, 5.74) is 0.571. The first-order valence-electron chi connectivity index (χ1n) is 9.69. The monoisotopic (exact) mass is 371 g/mol. The molecule has 7 heteroatoms. The van der Waals surface area contributed by atoms with E-state index in [1.54, 1.807) is 6.20 Å². The molecule has 1 fully saturated rings. The molecule has 0 saturated carbocycles. The van der Waals surface area contributed by atoms with E-state index in [9.17, 15) is 9.90 Å². The Morgan fingerprint density at radius 1 is 1.37 bits per heavy atom. The fourth-order valence-electron chi connectivity index (χ4n) is 3.46. The minimum Gasteiger partial charge on any atom is -0.396 e. The Balaban J connectivity index is 1.45. The van der Waals surface area contributed by atoms with Gasteiger partial charge in [-0.15, -0.1) is 0 Å². The molecule has 0 aromatic carbocycles. The average Bonchev–Trinajstić information content (AvgIpc) is 3.34. The summed E-state index contributed by atoms with van der Waals surface area (Å²) in [5.74, 6) is 2.55. The number of aromatic nitrogens is 3. The van der Waals surface area contributed by atoms with Gasteiger partial charge in [0.15, 0.2) is 0 Å². The molecule has 146 valence electrons. The second-order valence-electron chi connectivity index (χ2n) is 7.43. The zero-order valence-corrected chi connectivity index (χ0v) is 16.1. The van der Waals surface area contributed by atoms with Gasteiger partial charge in [0, 0.05) is 63.2 Å². The molecule has 1 aliphatic rings. The van der Waals surface area contributed by atoms with Gasteiger partial charge < -0.3 is 19.9 Å². The zero-order valence-electron chi connectivity index (χ0n) is 16.1. The Kier molecular flexibility index (Phi) is 6.45. The molecule has 1 amide bonds. The normalized spacial score (nSPS) is 16.9. The highest BCUT2D eigenvalue weighted by molar-refractivity contribution is 5.94.